The summed E-state index contributed by atoms with van der Waals surface area (Å²) in [6.45, 7) is -2.12. The van der Waals surface area contributed by atoms with Gasteiger partial charge in [-0.2, -0.15) is 17.6 Å². The number of nitrogens with two attached hydrogens (primary N) is 1. The lowest BCUT2D eigenvalue weighted by molar-refractivity contribution is -0.133. The highest BCUT2D eigenvalue weighted by molar-refractivity contribution is 5.79. The first-order valence-electron chi connectivity index (χ1n) is 8.17. The third kappa shape index (κ3) is 5.02. The van der Waals surface area contributed by atoms with Gasteiger partial charge in [0.15, 0.2) is 0 Å². The van der Waals surface area contributed by atoms with Crippen LogP contribution in [0.4, 0.5) is 22.0 Å². The van der Waals surface area contributed by atoms with Gasteiger partial charge in [0, 0.05) is 11.8 Å². The van der Waals surface area contributed by atoms with Crippen molar-refractivity contribution in [2.75, 3.05) is 13.2 Å². The molecule has 1 amide bonds. The Morgan fingerprint density at radius 3 is 2.21 bits per heavy atom. The number of aliphatic hydroxyl groups excluding tert-OH is 1. The number of halogens is 5. The molecule has 2 atom stereocenters. The molecule has 0 aliphatic heterocycles. The van der Waals surface area contributed by atoms with Crippen LogP contribution in [0.5, 0.6) is 0 Å². The van der Waals surface area contributed by atoms with Crippen molar-refractivity contribution in [2.24, 2.45) is 5.73 Å². The van der Waals surface area contributed by atoms with Gasteiger partial charge in [0.1, 0.15) is 18.5 Å². The summed E-state index contributed by atoms with van der Waals surface area (Å²) in [6, 6.07) is 6.86. The summed E-state index contributed by atoms with van der Waals surface area (Å²) in [5, 5.41) is 11.8. The minimum Gasteiger partial charge on any atom is -0.386 e. The van der Waals surface area contributed by atoms with Crippen LogP contribution in [0.3, 0.4) is 0 Å². The van der Waals surface area contributed by atoms with Crippen molar-refractivity contribution in [2.45, 2.75) is 24.5 Å². The molecule has 152 valence electrons. The summed E-state index contributed by atoms with van der Waals surface area (Å²) in [5.41, 5.74) is 5.80. The van der Waals surface area contributed by atoms with Gasteiger partial charge in [-0.15, -0.1) is 0 Å². The van der Waals surface area contributed by atoms with Crippen LogP contribution in [-0.2, 0) is 10.7 Å². The van der Waals surface area contributed by atoms with E-state index in [2.05, 4.69) is 4.98 Å². The summed E-state index contributed by atoms with van der Waals surface area (Å²) >= 11 is 0. The lowest BCUT2D eigenvalue weighted by atomic mass is 9.99. The number of aliphatic hydroxyl groups is 1. The van der Waals surface area contributed by atoms with E-state index in [-0.39, 0.29) is 5.56 Å². The maximum Gasteiger partial charge on any atom is 0.315 e. The number of hydrogen-bond donors (Lipinski definition) is 3. The van der Waals surface area contributed by atoms with Gasteiger partial charge in [-0.3, -0.25) is 9.78 Å². The van der Waals surface area contributed by atoms with E-state index in [1.165, 1.54) is 36.5 Å². The minimum absolute atomic E-state index is 0.181. The molecule has 0 saturated heterocycles. The van der Waals surface area contributed by atoms with Gasteiger partial charge in [0.25, 0.3) is 5.91 Å². The Hall–Kier alpha value is -2.59. The Morgan fingerprint density at radius 1 is 1.14 bits per heavy atom. The number of rotatable bonds is 8. The molecule has 4 N–H and O–H groups in total. The number of nitrogens with zero attached hydrogens (tertiary/aromatic N) is 1. The van der Waals surface area contributed by atoms with Crippen LogP contribution in [0.1, 0.15) is 17.4 Å². The van der Waals surface area contributed by atoms with Crippen LogP contribution in [0.2, 0.25) is 0 Å². The fourth-order valence-corrected chi connectivity index (χ4v) is 2.44. The average molecular weight is 403 g/mol. The zero-order valence-corrected chi connectivity index (χ0v) is 14.5. The summed E-state index contributed by atoms with van der Waals surface area (Å²) in [5.74, 6) is -4.92. The van der Waals surface area contributed by atoms with E-state index in [1.807, 2.05) is 0 Å². The van der Waals surface area contributed by atoms with E-state index in [0.717, 1.165) is 6.07 Å². The summed E-state index contributed by atoms with van der Waals surface area (Å²) in [7, 11) is 0. The monoisotopic (exact) mass is 403 g/mol. The molecule has 10 heteroatoms. The van der Waals surface area contributed by atoms with Crippen LogP contribution >= 0.6 is 0 Å². The lowest BCUT2D eigenvalue weighted by Gasteiger charge is -2.22. The normalized spacial score (nSPS) is 14.0. The smallest absolute Gasteiger partial charge is 0.315 e. The van der Waals surface area contributed by atoms with E-state index < -0.39 is 49.3 Å². The molecule has 5 nitrogen and oxygen atoms in total. The molecule has 0 unspecified atom stereocenters. The number of carbonyl (C=O) groups is 1. The number of hydrogen-bond acceptors (Lipinski definition) is 4. The molecular formula is C18H18F5N3O2. The Labute approximate surface area is 157 Å². The van der Waals surface area contributed by atoms with Crippen molar-refractivity contribution < 1.29 is 31.9 Å². The Morgan fingerprint density at radius 2 is 1.75 bits per heavy atom. The maximum absolute atomic E-state index is 13.5. The molecule has 0 fully saturated rings. The quantitative estimate of drug-likeness (QED) is 0.591. The van der Waals surface area contributed by atoms with Crippen molar-refractivity contribution >= 4 is 5.91 Å². The number of alkyl halides is 5. The second-order valence-electron chi connectivity index (χ2n) is 5.98. The molecule has 1 aromatic carbocycles. The molecule has 0 spiro atoms. The van der Waals surface area contributed by atoms with Gasteiger partial charge in [0.05, 0.1) is 12.6 Å². The second-order valence-corrected chi connectivity index (χ2v) is 5.98. The summed E-state index contributed by atoms with van der Waals surface area (Å²) in [6.07, 6.45) is -3.64. The van der Waals surface area contributed by atoms with E-state index in [1.54, 1.807) is 5.32 Å². The second kappa shape index (κ2) is 9.07. The molecule has 1 heterocycles. The van der Waals surface area contributed by atoms with Gasteiger partial charge in [-0.1, -0.05) is 30.3 Å². The number of nitrogens with one attached hydrogen (secondary N) is 1. The van der Waals surface area contributed by atoms with Crippen LogP contribution in [-0.4, -0.2) is 41.7 Å². The molecule has 2 aromatic rings. The maximum atomic E-state index is 13.5. The SMILES string of the molecule is NCC(F)(F)c1ccc(-c2ccc([C@H](O)[C@@H](CF)NC(=O)C(F)F)cc2)cn1. The Bertz CT molecular complexity index is 785. The molecule has 0 radical (unpaired) electrons. The number of benzene rings is 1. The van der Waals surface area contributed by atoms with Crippen molar-refractivity contribution in [3.63, 3.8) is 0 Å². The molecule has 28 heavy (non-hydrogen) atoms. The van der Waals surface area contributed by atoms with E-state index >= 15 is 0 Å². The average Bonchev–Trinajstić information content (AvgIpc) is 2.71. The van der Waals surface area contributed by atoms with Crippen LogP contribution in [0.15, 0.2) is 42.6 Å². The Balaban J connectivity index is 2.15. The first kappa shape index (κ1) is 21.7. The summed E-state index contributed by atoms with van der Waals surface area (Å²) in [4.78, 5) is 14.7. The van der Waals surface area contributed by atoms with E-state index in [9.17, 15) is 31.9 Å². The zero-order valence-electron chi connectivity index (χ0n) is 14.5. The molecule has 0 aliphatic carbocycles. The molecule has 0 bridgehead atoms. The Kier molecular flexibility index (Phi) is 7.03. The van der Waals surface area contributed by atoms with Gasteiger partial charge >= 0.3 is 12.3 Å². The number of pyridine rings is 1. The van der Waals surface area contributed by atoms with Crippen molar-refractivity contribution in [3.05, 3.63) is 53.9 Å². The molecule has 0 aliphatic rings. The van der Waals surface area contributed by atoms with Crippen molar-refractivity contribution in [3.8, 4) is 11.1 Å². The van der Waals surface area contributed by atoms with Gasteiger partial charge in [0.2, 0.25) is 0 Å². The summed E-state index contributed by atoms with van der Waals surface area (Å²) < 4.78 is 64.6. The van der Waals surface area contributed by atoms with Crippen molar-refractivity contribution in [1.82, 2.24) is 10.3 Å². The molecular weight excluding hydrogens is 385 g/mol. The first-order valence-corrected chi connectivity index (χ1v) is 8.17. The number of amides is 1. The van der Waals surface area contributed by atoms with E-state index in [0.29, 0.717) is 11.1 Å². The standard InChI is InChI=1S/C18H18F5N3O2/c19-7-13(26-17(28)16(20)21)15(27)11-3-1-10(2-4-11)12-5-6-14(25-8-12)18(22,23)9-24/h1-6,8,13,15-16,27H,7,9,24H2,(H,26,28)/t13-,15+/m1/s1. The highest BCUT2D eigenvalue weighted by atomic mass is 19.3. The highest BCUT2D eigenvalue weighted by Crippen LogP contribution is 2.28. The third-order valence-electron chi connectivity index (χ3n) is 4.05. The van der Waals surface area contributed by atoms with Crippen molar-refractivity contribution in [1.29, 1.82) is 0 Å². The number of carbonyl (C=O) groups excluding carboxylic acids is 1. The van der Waals surface area contributed by atoms with Crippen LogP contribution in [0, 0.1) is 0 Å². The van der Waals surface area contributed by atoms with Gasteiger partial charge in [-0.25, -0.2) is 4.39 Å². The predicted octanol–water partition coefficient (Wildman–Crippen LogP) is 2.55. The van der Waals surface area contributed by atoms with Gasteiger partial charge < -0.3 is 16.2 Å². The molecule has 1 aromatic heterocycles. The topological polar surface area (TPSA) is 88.2 Å². The third-order valence-corrected chi connectivity index (χ3v) is 4.05. The first-order chi connectivity index (χ1) is 13.2. The fraction of sp³-hybridized carbons (Fsp3) is 0.333. The fourth-order valence-electron chi connectivity index (χ4n) is 2.44. The minimum atomic E-state index is -3.33. The van der Waals surface area contributed by atoms with Gasteiger partial charge in [-0.05, 0) is 17.2 Å². The highest BCUT2D eigenvalue weighted by Gasteiger charge is 2.31. The lowest BCUT2D eigenvalue weighted by Crippen LogP contribution is -2.43. The largest absolute Gasteiger partial charge is 0.386 e. The molecule has 0 saturated carbocycles. The zero-order chi connectivity index (χ0) is 20.9. The van der Waals surface area contributed by atoms with Crippen LogP contribution in [0.25, 0.3) is 11.1 Å². The number of aromatic nitrogens is 1. The van der Waals surface area contributed by atoms with Crippen LogP contribution < -0.4 is 11.1 Å². The predicted molar refractivity (Wildman–Crippen MR) is 91.5 cm³/mol. The van der Waals surface area contributed by atoms with E-state index in [4.69, 9.17) is 5.73 Å². The molecule has 2 rings (SSSR count).